The standard InChI is InChI=1S/C25H46O4/c1-3-5-6-7-8-9-10-11-12-13-14-15-16-17-18-19-20-23(25(27)28)22-24(26)29-21-4-2/h18-19,23H,3-17,20-22H2,1-2H3,(H,27,28)/b19-18+. The Kier molecular flexibility index (Phi) is 20.4. The van der Waals surface area contributed by atoms with Gasteiger partial charge in [-0.1, -0.05) is 103 Å². The van der Waals surface area contributed by atoms with Crippen LogP contribution in [0.4, 0.5) is 0 Å². The van der Waals surface area contributed by atoms with Gasteiger partial charge in [0.2, 0.25) is 0 Å². The van der Waals surface area contributed by atoms with Crippen LogP contribution in [0.1, 0.15) is 123 Å². The molecule has 170 valence electrons. The summed E-state index contributed by atoms with van der Waals surface area (Å²) in [6.45, 7) is 4.54. The predicted octanol–water partition coefficient (Wildman–Crippen LogP) is 7.46. The highest BCUT2D eigenvalue weighted by Gasteiger charge is 2.20. The molecule has 0 aromatic heterocycles. The molecule has 0 bridgehead atoms. The van der Waals surface area contributed by atoms with Crippen LogP contribution < -0.4 is 0 Å². The lowest BCUT2D eigenvalue weighted by Crippen LogP contribution is -2.19. The van der Waals surface area contributed by atoms with Gasteiger partial charge in [0, 0.05) is 0 Å². The van der Waals surface area contributed by atoms with Crippen molar-refractivity contribution in [2.45, 2.75) is 123 Å². The first-order valence-electron chi connectivity index (χ1n) is 12.1. The summed E-state index contributed by atoms with van der Waals surface area (Å²) >= 11 is 0. The van der Waals surface area contributed by atoms with E-state index in [-0.39, 0.29) is 6.42 Å². The lowest BCUT2D eigenvalue weighted by Gasteiger charge is -2.09. The third-order valence-corrected chi connectivity index (χ3v) is 5.29. The van der Waals surface area contributed by atoms with E-state index in [2.05, 4.69) is 13.0 Å². The molecule has 1 atom stereocenters. The van der Waals surface area contributed by atoms with Gasteiger partial charge >= 0.3 is 11.9 Å². The number of carboxylic acid groups (broad SMARTS) is 1. The van der Waals surface area contributed by atoms with Crippen molar-refractivity contribution in [3.05, 3.63) is 12.2 Å². The van der Waals surface area contributed by atoms with Crippen molar-refractivity contribution < 1.29 is 19.4 Å². The lowest BCUT2D eigenvalue weighted by molar-refractivity contribution is -0.151. The van der Waals surface area contributed by atoms with Crippen molar-refractivity contribution in [2.75, 3.05) is 6.61 Å². The molecule has 0 saturated carbocycles. The Morgan fingerprint density at radius 1 is 0.759 bits per heavy atom. The second-order valence-corrected chi connectivity index (χ2v) is 8.20. The lowest BCUT2D eigenvalue weighted by atomic mass is 10.0. The van der Waals surface area contributed by atoms with E-state index in [0.717, 1.165) is 19.3 Å². The number of carbonyl (C=O) groups is 2. The van der Waals surface area contributed by atoms with Crippen LogP contribution in [-0.4, -0.2) is 23.7 Å². The van der Waals surface area contributed by atoms with Crippen LogP contribution in [0.25, 0.3) is 0 Å². The van der Waals surface area contributed by atoms with E-state index in [0.29, 0.717) is 13.0 Å². The van der Waals surface area contributed by atoms with E-state index in [1.807, 2.05) is 13.0 Å². The van der Waals surface area contributed by atoms with Crippen molar-refractivity contribution in [3.8, 4) is 0 Å². The van der Waals surface area contributed by atoms with Gasteiger partial charge < -0.3 is 9.84 Å². The quantitative estimate of drug-likeness (QED) is 0.121. The van der Waals surface area contributed by atoms with E-state index < -0.39 is 17.9 Å². The third-order valence-electron chi connectivity index (χ3n) is 5.29. The van der Waals surface area contributed by atoms with Crippen LogP contribution in [0, 0.1) is 5.92 Å². The molecule has 1 unspecified atom stereocenters. The first-order valence-corrected chi connectivity index (χ1v) is 12.1. The number of hydrogen-bond acceptors (Lipinski definition) is 3. The third kappa shape index (κ3) is 19.8. The molecule has 0 aromatic rings. The van der Waals surface area contributed by atoms with Gasteiger partial charge in [0.05, 0.1) is 18.9 Å². The number of carboxylic acids is 1. The number of unbranched alkanes of at least 4 members (excludes halogenated alkanes) is 13. The minimum atomic E-state index is -0.927. The minimum Gasteiger partial charge on any atom is -0.481 e. The molecule has 0 fully saturated rings. The van der Waals surface area contributed by atoms with Crippen LogP contribution in [-0.2, 0) is 14.3 Å². The van der Waals surface area contributed by atoms with Crippen molar-refractivity contribution in [3.63, 3.8) is 0 Å². The normalized spacial score (nSPS) is 12.3. The molecule has 0 saturated heterocycles. The maximum absolute atomic E-state index is 11.6. The van der Waals surface area contributed by atoms with Crippen LogP contribution in [0.3, 0.4) is 0 Å². The van der Waals surface area contributed by atoms with Crippen LogP contribution in [0.15, 0.2) is 12.2 Å². The van der Waals surface area contributed by atoms with Gasteiger partial charge in [0.1, 0.15) is 0 Å². The molecule has 29 heavy (non-hydrogen) atoms. The number of ether oxygens (including phenoxy) is 1. The molecule has 0 amide bonds. The number of aliphatic carboxylic acids is 1. The summed E-state index contributed by atoms with van der Waals surface area (Å²) in [6.07, 6.45) is 23.6. The maximum atomic E-state index is 11.6. The highest BCUT2D eigenvalue weighted by Crippen LogP contribution is 2.14. The fourth-order valence-corrected chi connectivity index (χ4v) is 3.41. The summed E-state index contributed by atoms with van der Waals surface area (Å²) in [7, 11) is 0. The van der Waals surface area contributed by atoms with Crippen LogP contribution in [0.5, 0.6) is 0 Å². The Morgan fingerprint density at radius 3 is 1.76 bits per heavy atom. The zero-order chi connectivity index (χ0) is 21.6. The van der Waals surface area contributed by atoms with Gasteiger partial charge in [-0.15, -0.1) is 0 Å². The number of hydrogen-bond donors (Lipinski definition) is 1. The fourth-order valence-electron chi connectivity index (χ4n) is 3.41. The Morgan fingerprint density at radius 2 is 1.28 bits per heavy atom. The molecular weight excluding hydrogens is 364 g/mol. The Hall–Kier alpha value is -1.32. The summed E-state index contributed by atoms with van der Waals surface area (Å²) in [5, 5.41) is 9.23. The largest absolute Gasteiger partial charge is 0.481 e. The predicted molar refractivity (Wildman–Crippen MR) is 121 cm³/mol. The number of carbonyl (C=O) groups excluding carboxylic acids is 1. The van der Waals surface area contributed by atoms with Gasteiger partial charge in [0.25, 0.3) is 0 Å². The molecular formula is C25H46O4. The summed E-state index contributed by atoms with van der Waals surface area (Å²) in [4.78, 5) is 22.8. The van der Waals surface area contributed by atoms with Crippen LogP contribution in [0.2, 0.25) is 0 Å². The Balaban J connectivity index is 3.53. The van der Waals surface area contributed by atoms with Crippen molar-refractivity contribution >= 4 is 11.9 Å². The van der Waals surface area contributed by atoms with Gasteiger partial charge in [-0.3, -0.25) is 9.59 Å². The minimum absolute atomic E-state index is 0.0432. The average Bonchev–Trinajstić information content (AvgIpc) is 2.70. The van der Waals surface area contributed by atoms with Gasteiger partial charge in [-0.2, -0.15) is 0 Å². The summed E-state index contributed by atoms with van der Waals surface area (Å²) < 4.78 is 4.98. The number of esters is 1. The second-order valence-electron chi connectivity index (χ2n) is 8.20. The van der Waals surface area contributed by atoms with Crippen molar-refractivity contribution in [2.24, 2.45) is 5.92 Å². The first-order chi connectivity index (χ1) is 14.1. The van der Waals surface area contributed by atoms with E-state index in [1.165, 1.54) is 77.0 Å². The molecule has 0 aliphatic rings. The molecule has 0 aromatic carbocycles. The molecule has 0 aliphatic heterocycles. The highest BCUT2D eigenvalue weighted by molar-refractivity contribution is 5.78. The Labute approximate surface area is 179 Å². The SMILES string of the molecule is CCCCCCCCCCCCCCC/C=C/CC(CC(=O)OCCC)C(=O)O. The Bertz CT molecular complexity index is 417. The second kappa shape index (κ2) is 21.4. The van der Waals surface area contributed by atoms with Gasteiger partial charge in [0.15, 0.2) is 0 Å². The summed E-state index contributed by atoms with van der Waals surface area (Å²) in [5.41, 5.74) is 0. The molecule has 0 radical (unpaired) electrons. The topological polar surface area (TPSA) is 63.6 Å². The molecule has 4 nitrogen and oxygen atoms in total. The number of allylic oxidation sites excluding steroid dienone is 2. The number of rotatable bonds is 21. The summed E-state index contributed by atoms with van der Waals surface area (Å²) in [6, 6.07) is 0. The maximum Gasteiger partial charge on any atom is 0.307 e. The molecule has 0 spiro atoms. The van der Waals surface area contributed by atoms with E-state index in [4.69, 9.17) is 4.74 Å². The smallest absolute Gasteiger partial charge is 0.307 e. The van der Waals surface area contributed by atoms with Crippen molar-refractivity contribution in [1.29, 1.82) is 0 Å². The van der Waals surface area contributed by atoms with Crippen molar-refractivity contribution in [1.82, 2.24) is 0 Å². The first kappa shape index (κ1) is 27.7. The van der Waals surface area contributed by atoms with E-state index in [9.17, 15) is 14.7 Å². The molecule has 1 N–H and O–H groups in total. The van der Waals surface area contributed by atoms with E-state index >= 15 is 0 Å². The van der Waals surface area contributed by atoms with Gasteiger partial charge in [-0.25, -0.2) is 0 Å². The monoisotopic (exact) mass is 410 g/mol. The van der Waals surface area contributed by atoms with Gasteiger partial charge in [-0.05, 0) is 25.7 Å². The molecule has 4 heteroatoms. The van der Waals surface area contributed by atoms with E-state index in [1.54, 1.807) is 0 Å². The zero-order valence-electron chi connectivity index (χ0n) is 19.1. The molecule has 0 rings (SSSR count). The van der Waals surface area contributed by atoms with Crippen LogP contribution >= 0.6 is 0 Å². The fraction of sp³-hybridized carbons (Fsp3) is 0.840. The average molecular weight is 411 g/mol. The summed E-state index contributed by atoms with van der Waals surface area (Å²) in [5.74, 6) is -2.02. The zero-order valence-corrected chi connectivity index (χ0v) is 19.1. The molecule has 0 aliphatic carbocycles. The highest BCUT2D eigenvalue weighted by atomic mass is 16.5. The molecule has 0 heterocycles.